The van der Waals surface area contributed by atoms with Crippen LogP contribution in [0.15, 0.2) is 54.9 Å². The summed E-state index contributed by atoms with van der Waals surface area (Å²) in [6.45, 7) is 3.42. The van der Waals surface area contributed by atoms with Crippen molar-refractivity contribution in [2.24, 2.45) is 0 Å². The third-order valence-corrected chi connectivity index (χ3v) is 6.09. The Morgan fingerprint density at radius 3 is 2.71 bits per heavy atom. The number of likely N-dealkylation sites (tertiary alicyclic amines) is 1. The standard InChI is InChI=1S/C20H23N3S/c1-22(17-5-3-2-4-6-17)18-8-11-23(12-9-18)15-19-13-16-7-10-21-14-20(16)24-19/h2-7,10,13-14,18H,8-9,11-12,15H2,1H3. The smallest absolute Gasteiger partial charge is 0.0529 e. The third kappa shape index (κ3) is 3.30. The summed E-state index contributed by atoms with van der Waals surface area (Å²) < 4.78 is 1.30. The minimum Gasteiger partial charge on any atom is -0.372 e. The minimum absolute atomic E-state index is 0.648. The molecule has 0 N–H and O–H groups in total. The first-order valence-corrected chi connectivity index (χ1v) is 9.44. The highest BCUT2D eigenvalue weighted by Crippen LogP contribution is 2.27. The molecule has 1 saturated heterocycles. The zero-order chi connectivity index (χ0) is 16.4. The van der Waals surface area contributed by atoms with Gasteiger partial charge in [-0.15, -0.1) is 11.3 Å². The predicted molar refractivity (Wildman–Crippen MR) is 103 cm³/mol. The van der Waals surface area contributed by atoms with E-state index < -0.39 is 0 Å². The lowest BCUT2D eigenvalue weighted by molar-refractivity contribution is 0.205. The van der Waals surface area contributed by atoms with E-state index >= 15 is 0 Å². The van der Waals surface area contributed by atoms with Crippen LogP contribution in [-0.2, 0) is 6.54 Å². The monoisotopic (exact) mass is 337 g/mol. The average molecular weight is 337 g/mol. The van der Waals surface area contributed by atoms with Gasteiger partial charge in [-0.2, -0.15) is 0 Å². The number of aromatic nitrogens is 1. The van der Waals surface area contributed by atoms with Crippen LogP contribution in [0.2, 0.25) is 0 Å². The summed E-state index contributed by atoms with van der Waals surface area (Å²) in [6.07, 6.45) is 6.32. The molecule has 4 rings (SSSR count). The maximum Gasteiger partial charge on any atom is 0.0529 e. The second-order valence-electron chi connectivity index (χ2n) is 6.58. The Hall–Kier alpha value is -1.91. The van der Waals surface area contributed by atoms with Crippen LogP contribution in [0, 0.1) is 0 Å². The van der Waals surface area contributed by atoms with Gasteiger partial charge in [0, 0.05) is 55.7 Å². The van der Waals surface area contributed by atoms with Gasteiger partial charge in [0.2, 0.25) is 0 Å². The van der Waals surface area contributed by atoms with Crippen molar-refractivity contribution in [2.45, 2.75) is 25.4 Å². The zero-order valence-electron chi connectivity index (χ0n) is 14.1. The molecule has 24 heavy (non-hydrogen) atoms. The molecule has 0 bridgehead atoms. The number of nitrogens with zero attached hydrogens (tertiary/aromatic N) is 3. The van der Waals surface area contributed by atoms with Crippen LogP contribution in [0.25, 0.3) is 10.1 Å². The lowest BCUT2D eigenvalue weighted by atomic mass is 10.0. The molecule has 3 heterocycles. The fraction of sp³-hybridized carbons (Fsp3) is 0.350. The van der Waals surface area contributed by atoms with Crippen LogP contribution < -0.4 is 4.90 Å². The molecule has 2 aromatic heterocycles. The van der Waals surface area contributed by atoms with Gasteiger partial charge in [-0.3, -0.25) is 9.88 Å². The van der Waals surface area contributed by atoms with Gasteiger partial charge in [0.15, 0.2) is 0 Å². The second-order valence-corrected chi connectivity index (χ2v) is 7.75. The fourth-order valence-corrected chi connectivity index (χ4v) is 4.65. The molecule has 3 nitrogen and oxygen atoms in total. The van der Waals surface area contributed by atoms with Gasteiger partial charge >= 0.3 is 0 Å². The third-order valence-electron chi connectivity index (χ3n) is 5.02. The van der Waals surface area contributed by atoms with E-state index in [9.17, 15) is 0 Å². The molecular weight excluding hydrogens is 314 g/mol. The van der Waals surface area contributed by atoms with Crippen LogP contribution in [0.5, 0.6) is 0 Å². The maximum absolute atomic E-state index is 4.22. The highest BCUT2D eigenvalue weighted by Gasteiger charge is 2.23. The van der Waals surface area contributed by atoms with Crippen LogP contribution in [0.3, 0.4) is 0 Å². The lowest BCUT2D eigenvalue weighted by Crippen LogP contribution is -2.43. The number of rotatable bonds is 4. The molecular formula is C20H23N3S. The molecule has 3 aromatic rings. The van der Waals surface area contributed by atoms with Gasteiger partial charge in [0.05, 0.1) is 4.70 Å². The molecule has 0 amide bonds. The number of para-hydroxylation sites is 1. The van der Waals surface area contributed by atoms with E-state index in [2.05, 4.69) is 64.3 Å². The zero-order valence-corrected chi connectivity index (χ0v) is 14.9. The first kappa shape index (κ1) is 15.6. The molecule has 0 saturated carbocycles. The molecule has 1 aliphatic heterocycles. The fourth-order valence-electron chi connectivity index (χ4n) is 3.58. The van der Waals surface area contributed by atoms with Gasteiger partial charge in [0.25, 0.3) is 0 Å². The van der Waals surface area contributed by atoms with Gasteiger partial charge < -0.3 is 4.90 Å². The van der Waals surface area contributed by atoms with E-state index in [0.717, 1.165) is 6.54 Å². The van der Waals surface area contributed by atoms with Gasteiger partial charge in [-0.1, -0.05) is 18.2 Å². The topological polar surface area (TPSA) is 19.4 Å². The summed E-state index contributed by atoms with van der Waals surface area (Å²) in [5.41, 5.74) is 1.33. The Morgan fingerprint density at radius 1 is 1.17 bits per heavy atom. The molecule has 1 fully saturated rings. The molecule has 0 aliphatic carbocycles. The molecule has 4 heteroatoms. The highest BCUT2D eigenvalue weighted by atomic mass is 32.1. The Labute approximate surface area is 147 Å². The van der Waals surface area contributed by atoms with Crippen molar-refractivity contribution in [2.75, 3.05) is 25.0 Å². The van der Waals surface area contributed by atoms with E-state index in [1.807, 2.05) is 23.7 Å². The van der Waals surface area contributed by atoms with Crippen LogP contribution in [-0.4, -0.2) is 36.1 Å². The van der Waals surface area contributed by atoms with Crippen LogP contribution in [0.4, 0.5) is 5.69 Å². The highest BCUT2D eigenvalue weighted by molar-refractivity contribution is 7.19. The Morgan fingerprint density at radius 2 is 1.96 bits per heavy atom. The molecule has 0 spiro atoms. The Kier molecular flexibility index (Phi) is 4.50. The molecule has 0 atom stereocenters. The van der Waals surface area contributed by atoms with E-state index in [1.54, 1.807) is 0 Å². The van der Waals surface area contributed by atoms with Crippen molar-refractivity contribution >= 4 is 27.1 Å². The van der Waals surface area contributed by atoms with Gasteiger partial charge in [-0.05, 0) is 42.5 Å². The number of thiophene rings is 1. The minimum atomic E-state index is 0.648. The van der Waals surface area contributed by atoms with Crippen molar-refractivity contribution in [3.05, 3.63) is 59.7 Å². The van der Waals surface area contributed by atoms with Gasteiger partial charge in [0.1, 0.15) is 0 Å². The van der Waals surface area contributed by atoms with E-state index in [-0.39, 0.29) is 0 Å². The van der Waals surface area contributed by atoms with E-state index in [4.69, 9.17) is 0 Å². The first-order chi connectivity index (χ1) is 11.8. The summed E-state index contributed by atoms with van der Waals surface area (Å²) in [5.74, 6) is 0. The number of benzene rings is 1. The van der Waals surface area contributed by atoms with Crippen molar-refractivity contribution < 1.29 is 0 Å². The number of hydrogen-bond acceptors (Lipinski definition) is 4. The molecule has 124 valence electrons. The number of piperidine rings is 1. The van der Waals surface area contributed by atoms with Crippen molar-refractivity contribution in [3.8, 4) is 0 Å². The number of pyridine rings is 1. The summed E-state index contributed by atoms with van der Waals surface area (Å²) in [4.78, 5) is 10.7. The van der Waals surface area contributed by atoms with Gasteiger partial charge in [-0.25, -0.2) is 0 Å². The first-order valence-electron chi connectivity index (χ1n) is 8.62. The second kappa shape index (κ2) is 6.91. The summed E-state index contributed by atoms with van der Waals surface area (Å²) >= 11 is 1.88. The van der Waals surface area contributed by atoms with E-state index in [1.165, 1.54) is 46.6 Å². The maximum atomic E-state index is 4.22. The number of anilines is 1. The van der Waals surface area contributed by atoms with E-state index in [0.29, 0.717) is 6.04 Å². The van der Waals surface area contributed by atoms with Crippen LogP contribution in [0.1, 0.15) is 17.7 Å². The van der Waals surface area contributed by atoms with Crippen molar-refractivity contribution in [3.63, 3.8) is 0 Å². The number of hydrogen-bond donors (Lipinski definition) is 0. The summed E-state index contributed by atoms with van der Waals surface area (Å²) in [5, 5.41) is 1.32. The molecule has 1 aromatic carbocycles. The average Bonchev–Trinajstić information content (AvgIpc) is 3.05. The predicted octanol–water partition coefficient (Wildman–Crippen LogP) is 4.40. The molecule has 1 aliphatic rings. The summed E-state index contributed by atoms with van der Waals surface area (Å²) in [6, 6.07) is 15.8. The lowest BCUT2D eigenvalue weighted by Gasteiger charge is -2.37. The normalized spacial score (nSPS) is 16.5. The Bertz CT molecular complexity index is 758. The molecule has 0 radical (unpaired) electrons. The van der Waals surface area contributed by atoms with Crippen molar-refractivity contribution in [1.29, 1.82) is 0 Å². The Balaban J connectivity index is 1.36. The summed E-state index contributed by atoms with van der Waals surface area (Å²) in [7, 11) is 2.23. The molecule has 0 unspecified atom stereocenters. The van der Waals surface area contributed by atoms with Crippen LogP contribution >= 0.6 is 11.3 Å². The SMILES string of the molecule is CN(c1ccccc1)C1CCN(Cc2cc3ccncc3s2)CC1. The number of fused-ring (bicyclic) bond motifs is 1. The van der Waals surface area contributed by atoms with Crippen molar-refractivity contribution in [1.82, 2.24) is 9.88 Å². The largest absolute Gasteiger partial charge is 0.372 e. The quantitative estimate of drug-likeness (QED) is 0.703.